The zero-order chi connectivity index (χ0) is 11.8. The number of nitrogens with zero attached hydrogens (tertiary/aromatic N) is 2. The third-order valence-corrected chi connectivity index (χ3v) is 3.77. The van der Waals surface area contributed by atoms with Crippen LogP contribution in [0, 0.1) is 0 Å². The van der Waals surface area contributed by atoms with Gasteiger partial charge in [-0.3, -0.25) is 9.13 Å². The van der Waals surface area contributed by atoms with E-state index < -0.39 is 0 Å². The van der Waals surface area contributed by atoms with E-state index in [1.807, 2.05) is 29.8 Å². The summed E-state index contributed by atoms with van der Waals surface area (Å²) in [4.78, 5) is 12.3. The smallest absolute Gasteiger partial charge is 0.329 e. The summed E-state index contributed by atoms with van der Waals surface area (Å²) in [5.41, 5.74) is 2.23. The maximum absolute atomic E-state index is 12.3. The molecule has 0 amide bonds. The van der Waals surface area contributed by atoms with Gasteiger partial charge in [0.15, 0.2) is 0 Å². The number of hydrogen-bond donors (Lipinski definition) is 1. The van der Waals surface area contributed by atoms with Gasteiger partial charge in [0.2, 0.25) is 0 Å². The second kappa shape index (κ2) is 4.04. The van der Waals surface area contributed by atoms with Gasteiger partial charge in [0.05, 0.1) is 24.1 Å². The summed E-state index contributed by atoms with van der Waals surface area (Å²) in [5, 5.41) is 2.33. The molecule has 1 aromatic heterocycles. The van der Waals surface area contributed by atoms with Crippen molar-refractivity contribution in [1.29, 1.82) is 0 Å². The van der Waals surface area contributed by atoms with Crippen LogP contribution < -0.4 is 11.0 Å². The minimum absolute atomic E-state index is 0.123. The summed E-state index contributed by atoms with van der Waals surface area (Å²) in [5.74, 6) is 0. The summed E-state index contributed by atoms with van der Waals surface area (Å²) < 4.78 is 3.75. The number of fused-ring (bicyclic) bond motifs is 1. The molecular formula is C13H18N3O+. The summed E-state index contributed by atoms with van der Waals surface area (Å²) in [6.45, 7) is 2.25. The lowest BCUT2D eigenvalue weighted by molar-refractivity contribution is -0.664. The molecule has 90 valence electrons. The number of rotatable bonds is 1. The number of aromatic nitrogens is 2. The van der Waals surface area contributed by atoms with Crippen LogP contribution in [0.3, 0.4) is 0 Å². The van der Waals surface area contributed by atoms with E-state index in [1.165, 1.54) is 0 Å². The largest absolute Gasteiger partial charge is 0.346 e. The molecule has 1 aliphatic heterocycles. The molecule has 0 radical (unpaired) electrons. The molecule has 4 heteroatoms. The minimum atomic E-state index is 0.123. The van der Waals surface area contributed by atoms with E-state index in [2.05, 4.69) is 11.4 Å². The third-order valence-electron chi connectivity index (χ3n) is 3.77. The molecule has 0 atom stereocenters. The third kappa shape index (κ3) is 1.60. The van der Waals surface area contributed by atoms with Crippen molar-refractivity contribution in [2.24, 2.45) is 7.05 Å². The van der Waals surface area contributed by atoms with Crippen LogP contribution in [0.1, 0.15) is 18.9 Å². The molecule has 2 aromatic rings. The van der Waals surface area contributed by atoms with Gasteiger partial charge in [0.25, 0.3) is 0 Å². The Morgan fingerprint density at radius 3 is 2.53 bits per heavy atom. The monoisotopic (exact) mass is 232 g/mol. The van der Waals surface area contributed by atoms with Crippen LogP contribution in [0.15, 0.2) is 29.1 Å². The van der Waals surface area contributed by atoms with Gasteiger partial charge in [0.1, 0.15) is 0 Å². The molecule has 0 spiro atoms. The van der Waals surface area contributed by atoms with E-state index in [9.17, 15) is 4.79 Å². The molecule has 1 aliphatic rings. The van der Waals surface area contributed by atoms with Gasteiger partial charge in [0, 0.05) is 25.9 Å². The molecule has 0 aliphatic carbocycles. The number of benzene rings is 1. The summed E-state index contributed by atoms with van der Waals surface area (Å²) >= 11 is 0. The lowest BCUT2D eigenvalue weighted by Gasteiger charge is -2.21. The highest BCUT2D eigenvalue weighted by Crippen LogP contribution is 2.21. The number of aryl methyl sites for hydroxylation is 1. The Labute approximate surface area is 99.9 Å². The van der Waals surface area contributed by atoms with Gasteiger partial charge < -0.3 is 5.32 Å². The number of imidazole rings is 1. The molecule has 1 aromatic carbocycles. The normalized spacial score (nSPS) is 17.7. The molecule has 0 bridgehead atoms. The van der Waals surface area contributed by atoms with E-state index in [0.29, 0.717) is 6.04 Å². The first kappa shape index (κ1) is 10.6. The Hall–Kier alpha value is -1.55. The fourth-order valence-electron chi connectivity index (χ4n) is 2.84. The molecular weight excluding hydrogens is 214 g/mol. The van der Waals surface area contributed by atoms with E-state index in [4.69, 9.17) is 0 Å². The molecule has 1 saturated heterocycles. The first-order chi connectivity index (χ1) is 8.29. The standard InChI is InChI=1S/C13H17N3O/c1-15-11-4-2-3-5-12(11)16(13(15)17)10-6-8-14-9-7-10/h2-5,10,14H,6-9H2,1H3/p+1. The number of nitrogens with two attached hydrogens (primary N) is 1. The molecule has 0 unspecified atom stereocenters. The Balaban J connectivity index is 2.21. The maximum atomic E-state index is 12.3. The molecule has 2 heterocycles. The van der Waals surface area contributed by atoms with Gasteiger partial charge >= 0.3 is 5.69 Å². The Morgan fingerprint density at radius 1 is 1.18 bits per heavy atom. The van der Waals surface area contributed by atoms with Crippen molar-refractivity contribution in [2.75, 3.05) is 13.1 Å². The zero-order valence-electron chi connectivity index (χ0n) is 10.1. The van der Waals surface area contributed by atoms with Crippen LogP contribution in [0.25, 0.3) is 11.0 Å². The van der Waals surface area contributed by atoms with Gasteiger partial charge in [-0.25, -0.2) is 4.79 Å². The minimum Gasteiger partial charge on any atom is -0.346 e. The van der Waals surface area contributed by atoms with Crippen LogP contribution >= 0.6 is 0 Å². The number of piperidine rings is 1. The highest BCUT2D eigenvalue weighted by molar-refractivity contribution is 5.76. The molecule has 1 fully saturated rings. The van der Waals surface area contributed by atoms with Crippen LogP contribution in [-0.2, 0) is 7.05 Å². The highest BCUT2D eigenvalue weighted by Gasteiger charge is 2.22. The first-order valence-corrected chi connectivity index (χ1v) is 6.26. The first-order valence-electron chi connectivity index (χ1n) is 6.26. The fraction of sp³-hybridized carbons (Fsp3) is 0.462. The number of para-hydroxylation sites is 2. The van der Waals surface area contributed by atoms with E-state index >= 15 is 0 Å². The van der Waals surface area contributed by atoms with Crippen molar-refractivity contribution in [3.05, 3.63) is 34.7 Å². The number of hydrogen-bond acceptors (Lipinski definition) is 1. The fourth-order valence-corrected chi connectivity index (χ4v) is 2.84. The van der Waals surface area contributed by atoms with Gasteiger partial charge in [-0.05, 0) is 12.1 Å². The van der Waals surface area contributed by atoms with Crippen LogP contribution in [0.2, 0.25) is 0 Å². The predicted molar refractivity (Wildman–Crippen MR) is 67.1 cm³/mol. The predicted octanol–water partition coefficient (Wildman–Crippen LogP) is 0.238. The summed E-state index contributed by atoms with van der Waals surface area (Å²) in [6, 6.07) is 8.43. The Bertz CT molecular complexity index is 590. The average Bonchev–Trinajstić information content (AvgIpc) is 2.64. The Morgan fingerprint density at radius 2 is 1.82 bits per heavy atom. The molecule has 3 rings (SSSR count). The summed E-state index contributed by atoms with van der Waals surface area (Å²) in [6.07, 6.45) is 2.18. The van der Waals surface area contributed by atoms with Crippen molar-refractivity contribution in [1.82, 2.24) is 9.13 Å². The average molecular weight is 232 g/mol. The van der Waals surface area contributed by atoms with Gasteiger partial charge in [-0.15, -0.1) is 0 Å². The quantitative estimate of drug-likeness (QED) is 0.752. The van der Waals surface area contributed by atoms with Crippen molar-refractivity contribution >= 4 is 11.0 Å². The van der Waals surface area contributed by atoms with E-state index in [1.54, 1.807) is 4.57 Å². The Kier molecular flexibility index (Phi) is 2.52. The molecule has 17 heavy (non-hydrogen) atoms. The van der Waals surface area contributed by atoms with Crippen LogP contribution in [0.5, 0.6) is 0 Å². The summed E-state index contributed by atoms with van der Waals surface area (Å²) in [7, 11) is 1.86. The van der Waals surface area contributed by atoms with Crippen LogP contribution in [0.4, 0.5) is 0 Å². The van der Waals surface area contributed by atoms with E-state index in [-0.39, 0.29) is 5.69 Å². The highest BCUT2D eigenvalue weighted by atomic mass is 16.1. The molecule has 0 saturated carbocycles. The van der Waals surface area contributed by atoms with Gasteiger partial charge in [-0.2, -0.15) is 0 Å². The van der Waals surface area contributed by atoms with Crippen molar-refractivity contribution in [3.63, 3.8) is 0 Å². The SMILES string of the molecule is Cn1c(=O)n(C2CC[NH2+]CC2)c2ccccc21. The van der Waals surface area contributed by atoms with Crippen molar-refractivity contribution in [3.8, 4) is 0 Å². The lowest BCUT2D eigenvalue weighted by atomic mass is 10.1. The second-order valence-electron chi connectivity index (χ2n) is 4.80. The van der Waals surface area contributed by atoms with E-state index in [0.717, 1.165) is 37.0 Å². The van der Waals surface area contributed by atoms with Crippen molar-refractivity contribution in [2.45, 2.75) is 18.9 Å². The lowest BCUT2D eigenvalue weighted by Crippen LogP contribution is -2.86. The molecule has 2 N–H and O–H groups in total. The topological polar surface area (TPSA) is 43.5 Å². The number of quaternary nitrogens is 1. The van der Waals surface area contributed by atoms with Gasteiger partial charge in [-0.1, -0.05) is 12.1 Å². The molecule has 4 nitrogen and oxygen atoms in total. The van der Waals surface area contributed by atoms with Crippen LogP contribution in [-0.4, -0.2) is 22.2 Å². The van der Waals surface area contributed by atoms with Crippen molar-refractivity contribution < 1.29 is 5.32 Å². The maximum Gasteiger partial charge on any atom is 0.329 e. The zero-order valence-corrected chi connectivity index (χ0v) is 10.1. The second-order valence-corrected chi connectivity index (χ2v) is 4.80.